The summed E-state index contributed by atoms with van der Waals surface area (Å²) in [7, 11) is 0. The van der Waals surface area contributed by atoms with Crippen molar-refractivity contribution in [3.05, 3.63) is 0 Å². The molecular weight excluding hydrogens is 212 g/mol. The number of hydrogen-bond donors (Lipinski definition) is 1. The summed E-state index contributed by atoms with van der Waals surface area (Å²) in [5.41, 5.74) is 0. The lowest BCUT2D eigenvalue weighted by molar-refractivity contribution is -0.137. The van der Waals surface area contributed by atoms with Gasteiger partial charge in [-0.1, -0.05) is 13.8 Å². The van der Waals surface area contributed by atoms with Gasteiger partial charge in [-0.3, -0.25) is 4.79 Å². The Balaban J connectivity index is 2.18. The van der Waals surface area contributed by atoms with Crippen LogP contribution in [0.4, 0.5) is 0 Å². The van der Waals surface area contributed by atoms with Crippen LogP contribution in [0.1, 0.15) is 33.1 Å². The van der Waals surface area contributed by atoms with Crippen molar-refractivity contribution in [2.45, 2.75) is 44.5 Å². The highest BCUT2D eigenvalue weighted by molar-refractivity contribution is 8.00. The number of ether oxygens (including phenoxy) is 1. The Labute approximate surface area is 95.6 Å². The van der Waals surface area contributed by atoms with Crippen LogP contribution in [0, 0.1) is 5.92 Å². The third-order valence-corrected chi connectivity index (χ3v) is 4.19. The smallest absolute Gasteiger partial charge is 0.316 e. The summed E-state index contributed by atoms with van der Waals surface area (Å²) in [6.45, 7) is 4.79. The number of carboxylic acid groups (broad SMARTS) is 1. The van der Waals surface area contributed by atoms with Crippen LogP contribution in [0.3, 0.4) is 0 Å². The van der Waals surface area contributed by atoms with Gasteiger partial charge < -0.3 is 9.84 Å². The molecule has 1 saturated heterocycles. The summed E-state index contributed by atoms with van der Waals surface area (Å²) in [6, 6.07) is 0. The van der Waals surface area contributed by atoms with E-state index in [4.69, 9.17) is 9.84 Å². The van der Waals surface area contributed by atoms with Crippen LogP contribution in [-0.4, -0.2) is 34.8 Å². The molecule has 2 unspecified atom stereocenters. The average molecular weight is 232 g/mol. The summed E-state index contributed by atoms with van der Waals surface area (Å²) in [4.78, 5) is 10.9. The summed E-state index contributed by atoms with van der Waals surface area (Å²) in [6.07, 6.45) is 3.65. The first-order valence-corrected chi connectivity index (χ1v) is 6.62. The minimum absolute atomic E-state index is 0.192. The van der Waals surface area contributed by atoms with Gasteiger partial charge in [0.1, 0.15) is 5.25 Å². The molecule has 0 bridgehead atoms. The summed E-state index contributed by atoms with van der Waals surface area (Å²) < 4.78 is 5.49. The van der Waals surface area contributed by atoms with Gasteiger partial charge in [0.15, 0.2) is 0 Å². The monoisotopic (exact) mass is 232 g/mol. The molecule has 1 fully saturated rings. The van der Waals surface area contributed by atoms with Crippen LogP contribution >= 0.6 is 11.8 Å². The minimum atomic E-state index is -0.692. The summed E-state index contributed by atoms with van der Waals surface area (Å²) >= 11 is 1.55. The van der Waals surface area contributed by atoms with Crippen LogP contribution in [0.2, 0.25) is 0 Å². The van der Waals surface area contributed by atoms with E-state index >= 15 is 0 Å². The van der Waals surface area contributed by atoms with E-state index in [2.05, 4.69) is 0 Å². The second-order valence-corrected chi connectivity index (χ2v) is 5.55. The standard InChI is InChI=1S/C11H20O3S/c1-8(2)10(11(12)13)15-7-5-9-4-3-6-14-9/h8-10H,3-7H2,1-2H3,(H,12,13). The van der Waals surface area contributed by atoms with Crippen molar-refractivity contribution < 1.29 is 14.6 Å². The van der Waals surface area contributed by atoms with Crippen molar-refractivity contribution in [1.29, 1.82) is 0 Å². The predicted octanol–water partition coefficient (Wildman–Crippen LogP) is 2.40. The fourth-order valence-electron chi connectivity index (χ4n) is 1.75. The first kappa shape index (κ1) is 12.8. The van der Waals surface area contributed by atoms with Crippen LogP contribution in [0.5, 0.6) is 0 Å². The fraction of sp³-hybridized carbons (Fsp3) is 0.909. The zero-order valence-corrected chi connectivity index (χ0v) is 10.3. The van der Waals surface area contributed by atoms with Gasteiger partial charge in [0.25, 0.3) is 0 Å². The van der Waals surface area contributed by atoms with Crippen molar-refractivity contribution in [2.24, 2.45) is 5.92 Å². The molecule has 15 heavy (non-hydrogen) atoms. The van der Waals surface area contributed by atoms with Gasteiger partial charge in [0.2, 0.25) is 0 Å². The van der Waals surface area contributed by atoms with E-state index in [-0.39, 0.29) is 11.2 Å². The quantitative estimate of drug-likeness (QED) is 0.764. The van der Waals surface area contributed by atoms with E-state index in [9.17, 15) is 4.79 Å². The van der Waals surface area contributed by atoms with E-state index in [1.54, 1.807) is 11.8 Å². The SMILES string of the molecule is CC(C)C(SCCC1CCCO1)C(=O)O. The van der Waals surface area contributed by atoms with E-state index in [1.807, 2.05) is 13.8 Å². The van der Waals surface area contributed by atoms with Crippen LogP contribution in [0.15, 0.2) is 0 Å². The molecule has 1 aliphatic rings. The number of rotatable bonds is 6. The van der Waals surface area contributed by atoms with Crippen molar-refractivity contribution in [1.82, 2.24) is 0 Å². The van der Waals surface area contributed by atoms with Gasteiger partial charge in [-0.05, 0) is 30.9 Å². The lowest BCUT2D eigenvalue weighted by Crippen LogP contribution is -2.23. The maximum absolute atomic E-state index is 10.9. The van der Waals surface area contributed by atoms with Gasteiger partial charge in [-0.15, -0.1) is 11.8 Å². The Morgan fingerprint density at radius 1 is 1.60 bits per heavy atom. The minimum Gasteiger partial charge on any atom is -0.480 e. The van der Waals surface area contributed by atoms with Crippen molar-refractivity contribution in [3.63, 3.8) is 0 Å². The molecule has 2 atom stereocenters. The Kier molecular flexibility index (Phi) is 5.47. The number of carbonyl (C=O) groups is 1. The predicted molar refractivity (Wildman–Crippen MR) is 62.3 cm³/mol. The van der Waals surface area contributed by atoms with Crippen LogP contribution < -0.4 is 0 Å². The normalized spacial score (nSPS) is 23.3. The Hall–Kier alpha value is -0.220. The van der Waals surface area contributed by atoms with E-state index < -0.39 is 5.97 Å². The molecular formula is C11H20O3S. The second-order valence-electron chi connectivity index (χ2n) is 4.30. The van der Waals surface area contributed by atoms with E-state index in [1.165, 1.54) is 0 Å². The molecule has 0 radical (unpaired) electrons. The highest BCUT2D eigenvalue weighted by Crippen LogP contribution is 2.23. The van der Waals surface area contributed by atoms with E-state index in [0.717, 1.165) is 31.6 Å². The molecule has 0 aliphatic carbocycles. The molecule has 1 heterocycles. The second kappa shape index (κ2) is 6.38. The van der Waals surface area contributed by atoms with Gasteiger partial charge in [0.05, 0.1) is 6.10 Å². The van der Waals surface area contributed by atoms with E-state index in [0.29, 0.717) is 6.10 Å². The number of carboxylic acids is 1. The fourth-order valence-corrected chi connectivity index (χ4v) is 2.93. The first-order chi connectivity index (χ1) is 7.11. The molecule has 0 aromatic heterocycles. The van der Waals surface area contributed by atoms with Crippen molar-refractivity contribution in [3.8, 4) is 0 Å². The van der Waals surface area contributed by atoms with Gasteiger partial charge >= 0.3 is 5.97 Å². The molecule has 1 aliphatic heterocycles. The van der Waals surface area contributed by atoms with Gasteiger partial charge in [-0.2, -0.15) is 0 Å². The lowest BCUT2D eigenvalue weighted by atomic mass is 10.1. The molecule has 0 amide bonds. The molecule has 0 saturated carbocycles. The molecule has 1 rings (SSSR count). The Bertz CT molecular complexity index is 200. The highest BCUT2D eigenvalue weighted by atomic mass is 32.2. The largest absolute Gasteiger partial charge is 0.480 e. The molecule has 0 aromatic carbocycles. The highest BCUT2D eigenvalue weighted by Gasteiger charge is 2.23. The molecule has 88 valence electrons. The Morgan fingerprint density at radius 2 is 2.33 bits per heavy atom. The maximum atomic E-state index is 10.9. The third kappa shape index (κ3) is 4.43. The lowest BCUT2D eigenvalue weighted by Gasteiger charge is -2.16. The molecule has 1 N–H and O–H groups in total. The number of hydrogen-bond acceptors (Lipinski definition) is 3. The topological polar surface area (TPSA) is 46.5 Å². The molecule has 4 heteroatoms. The van der Waals surface area contributed by atoms with Gasteiger partial charge in [0, 0.05) is 6.61 Å². The molecule has 3 nitrogen and oxygen atoms in total. The number of aliphatic carboxylic acids is 1. The third-order valence-electron chi connectivity index (χ3n) is 2.61. The zero-order chi connectivity index (χ0) is 11.3. The Morgan fingerprint density at radius 3 is 2.80 bits per heavy atom. The summed E-state index contributed by atoms with van der Waals surface area (Å²) in [5, 5.41) is 8.71. The van der Waals surface area contributed by atoms with Gasteiger partial charge in [-0.25, -0.2) is 0 Å². The molecule has 0 aromatic rings. The van der Waals surface area contributed by atoms with Crippen molar-refractivity contribution >= 4 is 17.7 Å². The maximum Gasteiger partial charge on any atom is 0.316 e. The first-order valence-electron chi connectivity index (χ1n) is 5.57. The number of thioether (sulfide) groups is 1. The average Bonchev–Trinajstić information content (AvgIpc) is 2.63. The molecule has 0 spiro atoms. The van der Waals surface area contributed by atoms with Crippen molar-refractivity contribution in [2.75, 3.05) is 12.4 Å². The van der Waals surface area contributed by atoms with Crippen LogP contribution in [0.25, 0.3) is 0 Å². The summed E-state index contributed by atoms with van der Waals surface area (Å²) in [5.74, 6) is 0.388. The zero-order valence-electron chi connectivity index (χ0n) is 9.44. The van der Waals surface area contributed by atoms with Crippen LogP contribution in [-0.2, 0) is 9.53 Å².